The summed E-state index contributed by atoms with van der Waals surface area (Å²) in [6, 6.07) is 6.09. The SMILES string of the molecule is Cc1ccc(-n2c(=O)[nH]c3cc4scnc4c(F)c32)c(F)c1. The van der Waals surface area contributed by atoms with Crippen LogP contribution in [0.1, 0.15) is 5.56 Å². The van der Waals surface area contributed by atoms with Gasteiger partial charge in [-0.05, 0) is 30.7 Å². The van der Waals surface area contributed by atoms with Crippen LogP contribution < -0.4 is 5.69 Å². The van der Waals surface area contributed by atoms with Crippen molar-refractivity contribution < 1.29 is 8.78 Å². The van der Waals surface area contributed by atoms with Gasteiger partial charge in [0, 0.05) is 0 Å². The molecule has 0 aliphatic carbocycles. The number of H-pyrrole nitrogens is 1. The Hall–Kier alpha value is -2.54. The normalized spacial score (nSPS) is 11.6. The van der Waals surface area contributed by atoms with E-state index in [1.807, 2.05) is 0 Å². The minimum atomic E-state index is -0.632. The smallest absolute Gasteiger partial charge is 0.305 e. The molecule has 1 N–H and O–H groups in total. The number of imidazole rings is 1. The number of benzene rings is 2. The van der Waals surface area contributed by atoms with Crippen molar-refractivity contribution in [1.82, 2.24) is 14.5 Å². The van der Waals surface area contributed by atoms with Gasteiger partial charge in [-0.1, -0.05) is 6.07 Å². The van der Waals surface area contributed by atoms with Gasteiger partial charge >= 0.3 is 5.69 Å². The summed E-state index contributed by atoms with van der Waals surface area (Å²) in [6.45, 7) is 1.74. The van der Waals surface area contributed by atoms with Crippen LogP contribution in [0.15, 0.2) is 34.6 Å². The number of hydrogen-bond acceptors (Lipinski definition) is 3. The number of aryl methyl sites for hydroxylation is 1. The fourth-order valence-corrected chi connectivity index (χ4v) is 3.27. The Kier molecular flexibility index (Phi) is 2.67. The maximum Gasteiger partial charge on any atom is 0.331 e. The molecule has 0 saturated heterocycles. The number of thiazole rings is 1. The van der Waals surface area contributed by atoms with Gasteiger partial charge in [0.25, 0.3) is 0 Å². The first-order chi connectivity index (χ1) is 10.6. The van der Waals surface area contributed by atoms with E-state index in [1.54, 1.807) is 19.1 Å². The summed E-state index contributed by atoms with van der Waals surface area (Å²) < 4.78 is 30.5. The molecule has 0 saturated carbocycles. The summed E-state index contributed by atoms with van der Waals surface area (Å²) in [5, 5.41) is 0. The number of fused-ring (bicyclic) bond motifs is 2. The molecule has 4 aromatic rings. The predicted molar refractivity (Wildman–Crippen MR) is 81.7 cm³/mol. The molecule has 0 unspecified atom stereocenters. The molecule has 2 aromatic heterocycles. The summed E-state index contributed by atoms with van der Waals surface area (Å²) in [5.74, 6) is -1.21. The first-order valence-corrected chi connectivity index (χ1v) is 7.37. The van der Waals surface area contributed by atoms with Gasteiger partial charge in [-0.3, -0.25) is 4.57 Å². The monoisotopic (exact) mass is 317 g/mol. The first-order valence-electron chi connectivity index (χ1n) is 6.49. The summed E-state index contributed by atoms with van der Waals surface area (Å²) in [7, 11) is 0. The van der Waals surface area contributed by atoms with Gasteiger partial charge in [-0.15, -0.1) is 11.3 Å². The van der Waals surface area contributed by atoms with Crippen molar-refractivity contribution >= 4 is 32.6 Å². The van der Waals surface area contributed by atoms with Crippen LogP contribution in [0, 0.1) is 18.6 Å². The molecule has 0 spiro atoms. The lowest BCUT2D eigenvalue weighted by atomic mass is 10.2. The van der Waals surface area contributed by atoms with Crippen LogP contribution in [0.4, 0.5) is 8.78 Å². The van der Waals surface area contributed by atoms with Gasteiger partial charge in [0.1, 0.15) is 16.9 Å². The Bertz CT molecular complexity index is 1090. The van der Waals surface area contributed by atoms with Gasteiger partial charge in [0.15, 0.2) is 5.82 Å². The second-order valence-electron chi connectivity index (χ2n) is 5.01. The molecule has 7 heteroatoms. The summed E-state index contributed by atoms with van der Waals surface area (Å²) in [5.41, 5.74) is 2.17. The van der Waals surface area contributed by atoms with Crippen molar-refractivity contribution in [3.8, 4) is 5.69 Å². The zero-order valence-corrected chi connectivity index (χ0v) is 12.2. The standard InChI is InChI=1S/C15H9F2N3OS/c1-7-2-3-10(8(16)4-7)20-14-9(19-15(20)21)5-11-13(12(14)17)18-6-22-11/h2-6H,1H3,(H,19,21). The van der Waals surface area contributed by atoms with Crippen LogP contribution in [-0.2, 0) is 0 Å². The van der Waals surface area contributed by atoms with E-state index in [2.05, 4.69) is 9.97 Å². The highest BCUT2D eigenvalue weighted by atomic mass is 32.1. The lowest BCUT2D eigenvalue weighted by Crippen LogP contribution is -2.16. The van der Waals surface area contributed by atoms with Gasteiger partial charge in [-0.2, -0.15) is 0 Å². The van der Waals surface area contributed by atoms with Crippen molar-refractivity contribution in [3.63, 3.8) is 0 Å². The van der Waals surface area contributed by atoms with Crippen molar-refractivity contribution in [2.24, 2.45) is 0 Å². The maximum atomic E-state index is 14.7. The fraction of sp³-hybridized carbons (Fsp3) is 0.0667. The third-order valence-corrected chi connectivity index (χ3v) is 4.33. The highest BCUT2D eigenvalue weighted by Crippen LogP contribution is 2.29. The van der Waals surface area contributed by atoms with Crippen LogP contribution in [0.3, 0.4) is 0 Å². The summed E-state index contributed by atoms with van der Waals surface area (Å²) >= 11 is 1.28. The number of nitrogens with one attached hydrogen (secondary N) is 1. The molecule has 0 amide bonds. The lowest BCUT2D eigenvalue weighted by Gasteiger charge is -2.06. The fourth-order valence-electron chi connectivity index (χ4n) is 2.56. The average molecular weight is 317 g/mol. The Morgan fingerprint density at radius 2 is 2.09 bits per heavy atom. The number of nitrogens with zero attached hydrogens (tertiary/aromatic N) is 2. The Balaban J connectivity index is 2.17. The molecule has 4 nitrogen and oxygen atoms in total. The third-order valence-electron chi connectivity index (χ3n) is 3.55. The van der Waals surface area contributed by atoms with E-state index < -0.39 is 17.3 Å². The number of aromatic nitrogens is 3. The quantitative estimate of drug-likeness (QED) is 0.584. The highest BCUT2D eigenvalue weighted by molar-refractivity contribution is 7.16. The maximum absolute atomic E-state index is 14.7. The Morgan fingerprint density at radius 1 is 1.27 bits per heavy atom. The molecule has 2 aromatic carbocycles. The van der Waals surface area contributed by atoms with Crippen molar-refractivity contribution in [3.05, 3.63) is 57.5 Å². The molecule has 2 heterocycles. The molecule has 4 rings (SSSR count). The lowest BCUT2D eigenvalue weighted by molar-refractivity contribution is 0.612. The molecule has 0 bridgehead atoms. The van der Waals surface area contributed by atoms with E-state index in [0.29, 0.717) is 10.2 Å². The highest BCUT2D eigenvalue weighted by Gasteiger charge is 2.19. The van der Waals surface area contributed by atoms with Crippen LogP contribution in [0.25, 0.3) is 26.9 Å². The molecular weight excluding hydrogens is 308 g/mol. The van der Waals surface area contributed by atoms with E-state index in [0.717, 1.165) is 10.1 Å². The second kappa shape index (κ2) is 4.48. The van der Waals surface area contributed by atoms with Crippen LogP contribution in [-0.4, -0.2) is 14.5 Å². The molecule has 22 heavy (non-hydrogen) atoms. The molecule has 0 fully saturated rings. The van der Waals surface area contributed by atoms with E-state index in [-0.39, 0.29) is 16.7 Å². The van der Waals surface area contributed by atoms with Crippen LogP contribution in [0.5, 0.6) is 0 Å². The van der Waals surface area contributed by atoms with Crippen LogP contribution >= 0.6 is 11.3 Å². The van der Waals surface area contributed by atoms with Gasteiger partial charge < -0.3 is 4.98 Å². The number of hydrogen-bond donors (Lipinski definition) is 1. The van der Waals surface area contributed by atoms with Crippen LogP contribution in [0.2, 0.25) is 0 Å². The number of aromatic amines is 1. The van der Waals surface area contributed by atoms with Gasteiger partial charge in [-0.25, -0.2) is 18.6 Å². The predicted octanol–water partition coefficient (Wildman–Crippen LogP) is 3.52. The second-order valence-corrected chi connectivity index (χ2v) is 5.89. The zero-order chi connectivity index (χ0) is 15.4. The molecule has 0 aliphatic rings. The number of rotatable bonds is 1. The van der Waals surface area contributed by atoms with Crippen molar-refractivity contribution in [2.45, 2.75) is 6.92 Å². The molecule has 110 valence electrons. The minimum Gasteiger partial charge on any atom is -0.305 e. The third kappa shape index (κ3) is 1.72. The molecule has 0 aliphatic heterocycles. The van der Waals surface area contributed by atoms with Crippen molar-refractivity contribution in [1.29, 1.82) is 0 Å². The van der Waals surface area contributed by atoms with Gasteiger partial charge in [0.2, 0.25) is 0 Å². The molecule has 0 radical (unpaired) electrons. The van der Waals surface area contributed by atoms with E-state index in [4.69, 9.17) is 0 Å². The summed E-state index contributed by atoms with van der Waals surface area (Å²) in [4.78, 5) is 18.7. The molecule has 0 atom stereocenters. The first kappa shape index (κ1) is 13.1. The molecular formula is C15H9F2N3OS. The Labute approximate surface area is 126 Å². The summed E-state index contributed by atoms with van der Waals surface area (Å²) in [6.07, 6.45) is 0. The van der Waals surface area contributed by atoms with Crippen molar-refractivity contribution in [2.75, 3.05) is 0 Å². The van der Waals surface area contributed by atoms with E-state index >= 15 is 0 Å². The average Bonchev–Trinajstić information content (AvgIpc) is 3.04. The topological polar surface area (TPSA) is 50.7 Å². The largest absolute Gasteiger partial charge is 0.331 e. The Morgan fingerprint density at radius 3 is 2.86 bits per heavy atom. The van der Waals surface area contributed by atoms with E-state index in [1.165, 1.54) is 29.0 Å². The van der Waals surface area contributed by atoms with Gasteiger partial charge in [0.05, 0.1) is 21.4 Å². The number of halogens is 2. The minimum absolute atomic E-state index is 0.00570. The van der Waals surface area contributed by atoms with E-state index in [9.17, 15) is 13.6 Å². The zero-order valence-electron chi connectivity index (χ0n) is 11.4.